The standard InChI is InChI=1S/C16H21ClFN3/c1-2-3-7-15-20-14(16(17)21-15)11-19-9-8-12-5-4-6-13(18)10-12/h4-6,10,19H,2-3,7-9,11H2,1H3,(H,20,21). The third kappa shape index (κ3) is 5.14. The van der Waals surface area contributed by atoms with Gasteiger partial charge in [-0.05, 0) is 37.1 Å². The molecule has 2 rings (SSSR count). The number of benzene rings is 1. The minimum Gasteiger partial charge on any atom is -0.344 e. The minimum atomic E-state index is -0.190. The third-order valence-corrected chi connectivity index (χ3v) is 3.64. The maximum Gasteiger partial charge on any atom is 0.151 e. The van der Waals surface area contributed by atoms with Gasteiger partial charge in [-0.1, -0.05) is 37.1 Å². The number of nitrogens with one attached hydrogen (secondary N) is 2. The van der Waals surface area contributed by atoms with Crippen molar-refractivity contribution < 1.29 is 4.39 Å². The minimum absolute atomic E-state index is 0.190. The number of hydrogen-bond acceptors (Lipinski definition) is 2. The molecule has 0 aliphatic carbocycles. The van der Waals surface area contributed by atoms with E-state index >= 15 is 0 Å². The van der Waals surface area contributed by atoms with E-state index in [1.54, 1.807) is 12.1 Å². The Labute approximate surface area is 129 Å². The normalized spacial score (nSPS) is 11.0. The van der Waals surface area contributed by atoms with Gasteiger partial charge < -0.3 is 10.3 Å². The number of H-pyrrole nitrogens is 1. The predicted molar refractivity (Wildman–Crippen MR) is 84.0 cm³/mol. The van der Waals surface area contributed by atoms with Gasteiger partial charge in [-0.25, -0.2) is 9.37 Å². The van der Waals surface area contributed by atoms with Crippen LogP contribution in [0.2, 0.25) is 5.15 Å². The molecule has 0 amide bonds. The van der Waals surface area contributed by atoms with Gasteiger partial charge in [0.2, 0.25) is 0 Å². The predicted octanol–water partition coefficient (Wildman–Crippen LogP) is 3.88. The summed E-state index contributed by atoms with van der Waals surface area (Å²) in [4.78, 5) is 7.58. The SMILES string of the molecule is CCCCc1nc(Cl)c(CNCCc2cccc(F)c2)[nH]1. The summed E-state index contributed by atoms with van der Waals surface area (Å²) in [5, 5.41) is 3.84. The molecular weight excluding hydrogens is 289 g/mol. The van der Waals surface area contributed by atoms with Crippen molar-refractivity contribution in [3.8, 4) is 0 Å². The highest BCUT2D eigenvalue weighted by atomic mass is 35.5. The number of aromatic nitrogens is 2. The van der Waals surface area contributed by atoms with Crippen molar-refractivity contribution in [1.29, 1.82) is 0 Å². The first-order valence-electron chi connectivity index (χ1n) is 7.37. The highest BCUT2D eigenvalue weighted by molar-refractivity contribution is 6.30. The van der Waals surface area contributed by atoms with Gasteiger partial charge in [0.25, 0.3) is 0 Å². The Bertz CT molecular complexity index is 568. The summed E-state index contributed by atoms with van der Waals surface area (Å²) in [5.74, 6) is 0.758. The number of nitrogens with zero attached hydrogens (tertiary/aromatic N) is 1. The van der Waals surface area contributed by atoms with Gasteiger partial charge in [-0.3, -0.25) is 0 Å². The Morgan fingerprint density at radius 2 is 2.19 bits per heavy atom. The maximum atomic E-state index is 13.0. The lowest BCUT2D eigenvalue weighted by Gasteiger charge is -2.04. The molecule has 5 heteroatoms. The lowest BCUT2D eigenvalue weighted by Crippen LogP contribution is -2.17. The Morgan fingerprint density at radius 1 is 1.33 bits per heavy atom. The summed E-state index contributed by atoms with van der Waals surface area (Å²) in [6.45, 7) is 3.57. The summed E-state index contributed by atoms with van der Waals surface area (Å²) in [6, 6.07) is 6.68. The third-order valence-electron chi connectivity index (χ3n) is 3.33. The Kier molecular flexibility index (Phi) is 6.21. The van der Waals surface area contributed by atoms with Crippen LogP contribution in [0.3, 0.4) is 0 Å². The molecule has 0 fully saturated rings. The summed E-state index contributed by atoms with van der Waals surface area (Å²) in [6.07, 6.45) is 3.96. The molecule has 0 aliphatic heterocycles. The second-order valence-corrected chi connectivity index (χ2v) is 5.47. The molecule has 0 bridgehead atoms. The molecule has 3 nitrogen and oxygen atoms in total. The van der Waals surface area contributed by atoms with Crippen molar-refractivity contribution in [3.63, 3.8) is 0 Å². The van der Waals surface area contributed by atoms with Gasteiger partial charge in [0.05, 0.1) is 5.69 Å². The van der Waals surface area contributed by atoms with E-state index in [9.17, 15) is 4.39 Å². The van der Waals surface area contributed by atoms with Crippen molar-refractivity contribution in [2.24, 2.45) is 0 Å². The molecule has 21 heavy (non-hydrogen) atoms. The van der Waals surface area contributed by atoms with E-state index in [0.717, 1.165) is 49.3 Å². The monoisotopic (exact) mass is 309 g/mol. The smallest absolute Gasteiger partial charge is 0.151 e. The number of unbranched alkanes of at least 4 members (excludes halogenated alkanes) is 1. The van der Waals surface area contributed by atoms with Gasteiger partial charge >= 0.3 is 0 Å². The second kappa shape index (κ2) is 8.15. The van der Waals surface area contributed by atoms with E-state index in [1.165, 1.54) is 6.07 Å². The van der Waals surface area contributed by atoms with Crippen LogP contribution in [0.5, 0.6) is 0 Å². The first kappa shape index (κ1) is 16.0. The summed E-state index contributed by atoms with van der Waals surface area (Å²) < 4.78 is 13.0. The van der Waals surface area contributed by atoms with Crippen molar-refractivity contribution in [1.82, 2.24) is 15.3 Å². The van der Waals surface area contributed by atoms with Crippen molar-refractivity contribution in [2.75, 3.05) is 6.54 Å². The van der Waals surface area contributed by atoms with Crippen LogP contribution < -0.4 is 5.32 Å². The van der Waals surface area contributed by atoms with E-state index in [1.807, 2.05) is 6.07 Å². The van der Waals surface area contributed by atoms with Crippen LogP contribution in [0, 0.1) is 5.82 Å². The highest BCUT2D eigenvalue weighted by Crippen LogP contribution is 2.14. The molecule has 0 radical (unpaired) electrons. The van der Waals surface area contributed by atoms with E-state index in [0.29, 0.717) is 11.7 Å². The fraction of sp³-hybridized carbons (Fsp3) is 0.438. The number of aromatic amines is 1. The Balaban J connectivity index is 1.77. The molecule has 0 spiro atoms. The van der Waals surface area contributed by atoms with Crippen LogP contribution in [0.4, 0.5) is 4.39 Å². The summed E-state index contributed by atoms with van der Waals surface area (Å²) in [7, 11) is 0. The molecule has 1 heterocycles. The molecule has 2 N–H and O–H groups in total. The first-order chi connectivity index (χ1) is 10.2. The van der Waals surface area contributed by atoms with Crippen LogP contribution in [-0.4, -0.2) is 16.5 Å². The number of hydrogen-bond donors (Lipinski definition) is 2. The van der Waals surface area contributed by atoms with Crippen molar-refractivity contribution in [3.05, 3.63) is 52.3 Å². The molecule has 2 aromatic rings. The lowest BCUT2D eigenvalue weighted by atomic mass is 10.1. The van der Waals surface area contributed by atoms with E-state index in [2.05, 4.69) is 22.2 Å². The lowest BCUT2D eigenvalue weighted by molar-refractivity contribution is 0.622. The fourth-order valence-electron chi connectivity index (χ4n) is 2.16. The van der Waals surface area contributed by atoms with Crippen LogP contribution in [0.25, 0.3) is 0 Å². The molecule has 1 aromatic carbocycles. The molecule has 114 valence electrons. The van der Waals surface area contributed by atoms with E-state index < -0.39 is 0 Å². The Morgan fingerprint density at radius 3 is 2.95 bits per heavy atom. The molecule has 0 saturated carbocycles. The molecule has 0 aliphatic rings. The van der Waals surface area contributed by atoms with Crippen molar-refractivity contribution in [2.45, 2.75) is 39.2 Å². The fourth-order valence-corrected chi connectivity index (χ4v) is 2.37. The maximum absolute atomic E-state index is 13.0. The van der Waals surface area contributed by atoms with Crippen LogP contribution in [-0.2, 0) is 19.4 Å². The van der Waals surface area contributed by atoms with Crippen LogP contribution in [0.1, 0.15) is 36.8 Å². The van der Waals surface area contributed by atoms with E-state index in [4.69, 9.17) is 11.6 Å². The average Bonchev–Trinajstić information content (AvgIpc) is 2.82. The van der Waals surface area contributed by atoms with Gasteiger partial charge in [-0.15, -0.1) is 0 Å². The Hall–Kier alpha value is -1.39. The largest absolute Gasteiger partial charge is 0.344 e. The molecule has 1 aromatic heterocycles. The number of halogens is 2. The van der Waals surface area contributed by atoms with Gasteiger partial charge in [0.15, 0.2) is 5.15 Å². The highest BCUT2D eigenvalue weighted by Gasteiger charge is 2.07. The first-order valence-corrected chi connectivity index (χ1v) is 7.75. The molecule has 0 saturated heterocycles. The number of rotatable bonds is 8. The van der Waals surface area contributed by atoms with Crippen molar-refractivity contribution >= 4 is 11.6 Å². The number of aryl methyl sites for hydroxylation is 1. The topological polar surface area (TPSA) is 40.7 Å². The van der Waals surface area contributed by atoms with Gasteiger partial charge in [0.1, 0.15) is 11.6 Å². The van der Waals surface area contributed by atoms with Gasteiger partial charge in [-0.2, -0.15) is 0 Å². The molecule has 0 atom stereocenters. The van der Waals surface area contributed by atoms with Crippen LogP contribution >= 0.6 is 11.6 Å². The average molecular weight is 310 g/mol. The summed E-state index contributed by atoms with van der Waals surface area (Å²) >= 11 is 6.11. The van der Waals surface area contributed by atoms with E-state index in [-0.39, 0.29) is 5.82 Å². The molecular formula is C16H21ClFN3. The zero-order valence-corrected chi connectivity index (χ0v) is 13.0. The number of imidazole rings is 1. The zero-order chi connectivity index (χ0) is 15.1. The van der Waals surface area contributed by atoms with Crippen LogP contribution in [0.15, 0.2) is 24.3 Å². The van der Waals surface area contributed by atoms with Gasteiger partial charge in [0, 0.05) is 13.0 Å². The quantitative estimate of drug-likeness (QED) is 0.727. The second-order valence-electron chi connectivity index (χ2n) is 5.11. The zero-order valence-electron chi connectivity index (χ0n) is 12.3. The summed E-state index contributed by atoms with van der Waals surface area (Å²) in [5.41, 5.74) is 1.91. The molecule has 0 unspecified atom stereocenters.